The van der Waals surface area contributed by atoms with Crippen molar-refractivity contribution in [3.63, 3.8) is 0 Å². The largest absolute Gasteiger partial charge is 0.421 e. The molecule has 108 valence electrons. The smallest absolute Gasteiger partial charge is 0.244 e. The molecule has 0 radical (unpaired) electrons. The Kier molecular flexibility index (Phi) is 2.78. The van der Waals surface area contributed by atoms with Crippen molar-refractivity contribution in [2.24, 2.45) is 28.9 Å². The lowest BCUT2D eigenvalue weighted by atomic mass is 9.49. The van der Waals surface area contributed by atoms with Gasteiger partial charge in [0.2, 0.25) is 11.8 Å². The fourth-order valence-electron chi connectivity index (χ4n) is 5.36. The van der Waals surface area contributed by atoms with Gasteiger partial charge in [0.05, 0.1) is 0 Å². The Morgan fingerprint density at radius 2 is 1.80 bits per heavy atom. The third kappa shape index (κ3) is 2.01. The number of allylic oxidation sites excluding steroid dienone is 1. The molecule has 4 fully saturated rings. The van der Waals surface area contributed by atoms with E-state index in [0.717, 1.165) is 23.3 Å². The Bertz CT molecular complexity index is 510. The number of nitrogens with two attached hydrogens (primary N) is 1. The number of hydrogen-bond acceptors (Lipinski definition) is 4. The molecule has 0 amide bonds. The second-order valence-corrected chi connectivity index (χ2v) is 7.28. The Labute approximate surface area is 119 Å². The molecule has 1 aromatic heterocycles. The molecule has 4 heteroatoms. The van der Waals surface area contributed by atoms with Crippen LogP contribution in [0.15, 0.2) is 10.5 Å². The van der Waals surface area contributed by atoms with Crippen LogP contribution in [0.3, 0.4) is 0 Å². The third-order valence-corrected chi connectivity index (χ3v) is 5.59. The maximum absolute atomic E-state index is 5.95. The summed E-state index contributed by atoms with van der Waals surface area (Å²) >= 11 is 0. The van der Waals surface area contributed by atoms with E-state index >= 15 is 0 Å². The zero-order valence-corrected chi connectivity index (χ0v) is 12.1. The normalized spacial score (nSPS) is 39.5. The van der Waals surface area contributed by atoms with Gasteiger partial charge in [-0.05, 0) is 61.7 Å². The van der Waals surface area contributed by atoms with Gasteiger partial charge in [0.1, 0.15) is 0 Å². The number of aryl methyl sites for hydroxylation is 1. The van der Waals surface area contributed by atoms with Crippen LogP contribution >= 0.6 is 0 Å². The number of hydrogen-bond donors (Lipinski definition) is 1. The summed E-state index contributed by atoms with van der Waals surface area (Å²) in [5.41, 5.74) is 7.36. The Hall–Kier alpha value is -1.16. The topological polar surface area (TPSA) is 64.9 Å². The SMILES string of the molecule is Cc1nnc(/C(=C/C23CC4CC(CC(C4)C2)C3)CN)o1. The van der Waals surface area contributed by atoms with E-state index in [1.54, 1.807) is 0 Å². The molecule has 0 aliphatic heterocycles. The van der Waals surface area contributed by atoms with Gasteiger partial charge in [0.25, 0.3) is 0 Å². The maximum Gasteiger partial charge on any atom is 0.244 e. The monoisotopic (exact) mass is 273 g/mol. The van der Waals surface area contributed by atoms with Crippen molar-refractivity contribution in [1.82, 2.24) is 10.2 Å². The maximum atomic E-state index is 5.95. The molecule has 4 nitrogen and oxygen atoms in total. The van der Waals surface area contributed by atoms with Gasteiger partial charge in [-0.3, -0.25) is 0 Å². The predicted molar refractivity (Wildman–Crippen MR) is 76.7 cm³/mol. The molecule has 4 saturated carbocycles. The van der Waals surface area contributed by atoms with E-state index in [1.165, 1.54) is 38.5 Å². The van der Waals surface area contributed by atoms with Crippen LogP contribution in [-0.2, 0) is 0 Å². The molecule has 4 bridgehead atoms. The summed E-state index contributed by atoms with van der Waals surface area (Å²) in [6, 6.07) is 0. The zero-order valence-electron chi connectivity index (χ0n) is 12.1. The highest BCUT2D eigenvalue weighted by Gasteiger charge is 2.49. The number of nitrogens with zero attached hydrogens (tertiary/aromatic N) is 2. The minimum absolute atomic E-state index is 0.367. The van der Waals surface area contributed by atoms with Gasteiger partial charge in [0, 0.05) is 19.0 Å². The molecule has 0 atom stereocenters. The summed E-state index contributed by atoms with van der Waals surface area (Å²) in [7, 11) is 0. The van der Waals surface area contributed by atoms with Crippen molar-refractivity contribution < 1.29 is 4.42 Å². The summed E-state index contributed by atoms with van der Waals surface area (Å²) in [6.07, 6.45) is 10.8. The molecule has 20 heavy (non-hydrogen) atoms. The van der Waals surface area contributed by atoms with Gasteiger partial charge in [-0.1, -0.05) is 6.08 Å². The van der Waals surface area contributed by atoms with Crippen molar-refractivity contribution in [1.29, 1.82) is 0 Å². The molecule has 0 aromatic carbocycles. The first-order valence-electron chi connectivity index (χ1n) is 7.88. The minimum atomic E-state index is 0.367. The van der Waals surface area contributed by atoms with Crippen LogP contribution in [0.2, 0.25) is 0 Å². The summed E-state index contributed by atoms with van der Waals surface area (Å²) in [5, 5.41) is 8.09. The highest BCUT2D eigenvalue weighted by Crippen LogP contribution is 2.61. The summed E-state index contributed by atoms with van der Waals surface area (Å²) in [4.78, 5) is 0. The predicted octanol–water partition coefficient (Wildman–Crippen LogP) is 2.94. The van der Waals surface area contributed by atoms with Crippen molar-refractivity contribution >= 4 is 5.57 Å². The molecule has 0 spiro atoms. The van der Waals surface area contributed by atoms with E-state index < -0.39 is 0 Å². The minimum Gasteiger partial charge on any atom is -0.421 e. The van der Waals surface area contributed by atoms with Crippen LogP contribution in [-0.4, -0.2) is 16.7 Å². The molecule has 2 N–H and O–H groups in total. The van der Waals surface area contributed by atoms with E-state index in [2.05, 4.69) is 16.3 Å². The Balaban J connectivity index is 1.67. The fraction of sp³-hybridized carbons (Fsp3) is 0.750. The highest BCUT2D eigenvalue weighted by atomic mass is 16.4. The fourth-order valence-corrected chi connectivity index (χ4v) is 5.36. The van der Waals surface area contributed by atoms with E-state index in [0.29, 0.717) is 23.7 Å². The summed E-state index contributed by atoms with van der Waals surface area (Å²) < 4.78 is 5.58. The molecule has 0 unspecified atom stereocenters. The average molecular weight is 273 g/mol. The second-order valence-electron chi connectivity index (χ2n) is 7.28. The lowest BCUT2D eigenvalue weighted by Crippen LogP contribution is -2.45. The van der Waals surface area contributed by atoms with Crippen LogP contribution in [0.5, 0.6) is 0 Å². The average Bonchev–Trinajstić information content (AvgIpc) is 2.81. The molecule has 4 aliphatic rings. The molecule has 5 rings (SSSR count). The molecule has 1 heterocycles. The lowest BCUT2D eigenvalue weighted by molar-refractivity contribution is -0.0235. The van der Waals surface area contributed by atoms with E-state index in [-0.39, 0.29) is 0 Å². The van der Waals surface area contributed by atoms with Gasteiger partial charge in [0.15, 0.2) is 0 Å². The highest BCUT2D eigenvalue weighted by molar-refractivity contribution is 5.60. The lowest BCUT2D eigenvalue weighted by Gasteiger charge is -2.56. The van der Waals surface area contributed by atoms with Crippen LogP contribution in [0.1, 0.15) is 50.3 Å². The van der Waals surface area contributed by atoms with Crippen LogP contribution in [0, 0.1) is 30.1 Å². The van der Waals surface area contributed by atoms with Gasteiger partial charge in [-0.2, -0.15) is 0 Å². The van der Waals surface area contributed by atoms with E-state index in [1.807, 2.05) is 6.92 Å². The van der Waals surface area contributed by atoms with E-state index in [4.69, 9.17) is 10.2 Å². The Morgan fingerprint density at radius 1 is 1.20 bits per heavy atom. The van der Waals surface area contributed by atoms with Gasteiger partial charge >= 0.3 is 0 Å². The van der Waals surface area contributed by atoms with Gasteiger partial charge < -0.3 is 10.2 Å². The van der Waals surface area contributed by atoms with E-state index in [9.17, 15) is 0 Å². The summed E-state index contributed by atoms with van der Waals surface area (Å²) in [6.45, 7) is 2.32. The number of aromatic nitrogens is 2. The third-order valence-electron chi connectivity index (χ3n) is 5.59. The molecule has 1 aromatic rings. The van der Waals surface area contributed by atoms with Crippen LogP contribution in [0.4, 0.5) is 0 Å². The molecular weight excluding hydrogens is 250 g/mol. The first-order valence-corrected chi connectivity index (χ1v) is 7.88. The zero-order chi connectivity index (χ0) is 13.7. The Morgan fingerprint density at radius 3 is 2.25 bits per heavy atom. The van der Waals surface area contributed by atoms with Crippen molar-refractivity contribution in [2.75, 3.05) is 6.54 Å². The van der Waals surface area contributed by atoms with Crippen LogP contribution in [0.25, 0.3) is 5.57 Å². The molecular formula is C16H23N3O. The number of rotatable bonds is 3. The molecule has 0 saturated heterocycles. The summed E-state index contributed by atoms with van der Waals surface area (Å²) in [5.74, 6) is 4.08. The standard InChI is InChI=1S/C16H23N3O/c1-10-18-19-15(20-10)14(9-17)8-16-5-11-2-12(6-16)4-13(3-11)7-16/h8,11-13H,2-7,9,17H2,1H3/b14-8+. The van der Waals surface area contributed by atoms with Crippen molar-refractivity contribution in [3.05, 3.63) is 17.9 Å². The first-order chi connectivity index (χ1) is 9.66. The van der Waals surface area contributed by atoms with Crippen molar-refractivity contribution in [3.8, 4) is 0 Å². The molecule has 4 aliphatic carbocycles. The van der Waals surface area contributed by atoms with Crippen molar-refractivity contribution in [2.45, 2.75) is 45.4 Å². The van der Waals surface area contributed by atoms with Crippen LogP contribution < -0.4 is 5.73 Å². The van der Waals surface area contributed by atoms with Gasteiger partial charge in [-0.25, -0.2) is 0 Å². The second kappa shape index (κ2) is 4.42. The van der Waals surface area contributed by atoms with Gasteiger partial charge in [-0.15, -0.1) is 10.2 Å². The quantitative estimate of drug-likeness (QED) is 0.919. The first kappa shape index (κ1) is 12.6.